The van der Waals surface area contributed by atoms with Crippen molar-refractivity contribution in [2.24, 2.45) is 4.99 Å². The van der Waals surface area contributed by atoms with E-state index < -0.39 is 0 Å². The summed E-state index contributed by atoms with van der Waals surface area (Å²) in [6.07, 6.45) is 4.44. The quantitative estimate of drug-likeness (QED) is 0.399. The minimum absolute atomic E-state index is 0.217. The minimum Gasteiger partial charge on any atom is -0.489 e. The maximum Gasteiger partial charge on any atom is 0.226 e. The zero-order chi connectivity index (χ0) is 21.2. The van der Waals surface area contributed by atoms with Crippen molar-refractivity contribution in [2.75, 3.05) is 25.1 Å². The molecular formula is C24H30N4O2. The number of para-hydroxylation sites is 1. The fourth-order valence-corrected chi connectivity index (χ4v) is 3.40. The van der Waals surface area contributed by atoms with Gasteiger partial charge in [0.15, 0.2) is 5.96 Å². The van der Waals surface area contributed by atoms with Gasteiger partial charge in [0.2, 0.25) is 5.91 Å². The van der Waals surface area contributed by atoms with Gasteiger partial charge in [-0.15, -0.1) is 0 Å². The second-order valence-electron chi connectivity index (χ2n) is 7.16. The van der Waals surface area contributed by atoms with E-state index >= 15 is 0 Å². The molecule has 1 aliphatic rings. The van der Waals surface area contributed by atoms with Crippen LogP contribution in [0.4, 0.5) is 5.69 Å². The molecule has 1 amide bonds. The zero-order valence-electron chi connectivity index (χ0n) is 17.6. The Balaban J connectivity index is 1.52. The molecule has 6 heteroatoms. The van der Waals surface area contributed by atoms with Crippen molar-refractivity contribution in [3.8, 4) is 5.75 Å². The van der Waals surface area contributed by atoms with Crippen LogP contribution in [0.5, 0.6) is 5.75 Å². The van der Waals surface area contributed by atoms with Crippen LogP contribution in [0.25, 0.3) is 0 Å². The topological polar surface area (TPSA) is 66.0 Å². The number of carbonyl (C=O) groups excluding carboxylic acids is 1. The molecule has 0 unspecified atom stereocenters. The van der Waals surface area contributed by atoms with Gasteiger partial charge in [0.25, 0.3) is 0 Å². The molecule has 3 rings (SSSR count). The van der Waals surface area contributed by atoms with Gasteiger partial charge < -0.3 is 20.3 Å². The van der Waals surface area contributed by atoms with E-state index in [-0.39, 0.29) is 5.91 Å². The molecule has 2 N–H and O–H groups in total. The first-order chi connectivity index (χ1) is 14.7. The third kappa shape index (κ3) is 5.86. The van der Waals surface area contributed by atoms with Gasteiger partial charge in [-0.1, -0.05) is 43.0 Å². The van der Waals surface area contributed by atoms with E-state index in [1.165, 1.54) is 0 Å². The number of amides is 1. The summed E-state index contributed by atoms with van der Waals surface area (Å²) in [7, 11) is 1.75. The van der Waals surface area contributed by atoms with Crippen LogP contribution < -0.4 is 20.3 Å². The van der Waals surface area contributed by atoms with Crippen LogP contribution in [-0.2, 0) is 17.9 Å². The molecule has 0 atom stereocenters. The number of rotatable bonds is 8. The third-order valence-corrected chi connectivity index (χ3v) is 5.03. The second kappa shape index (κ2) is 11.0. The Bertz CT molecular complexity index is 877. The smallest absolute Gasteiger partial charge is 0.226 e. The number of nitrogens with zero attached hydrogens (tertiary/aromatic N) is 2. The lowest BCUT2D eigenvalue weighted by molar-refractivity contribution is -0.119. The lowest BCUT2D eigenvalue weighted by atomic mass is 10.1. The fourth-order valence-electron chi connectivity index (χ4n) is 3.40. The van der Waals surface area contributed by atoms with E-state index in [4.69, 9.17) is 4.74 Å². The van der Waals surface area contributed by atoms with Crippen molar-refractivity contribution < 1.29 is 9.53 Å². The molecule has 6 nitrogen and oxygen atoms in total. The molecular weight excluding hydrogens is 376 g/mol. The number of benzene rings is 2. The standard InChI is InChI=1S/C24H30N4O2/c1-3-16-30-22-9-5-4-8-20(22)18-27-24(25-2)26-17-19-11-13-21(14-12-19)28-15-7-6-10-23(28)29/h3-5,8-9,11-14H,1,6-7,10,15-18H2,2H3,(H2,25,26,27). The Morgan fingerprint density at radius 1 is 1.13 bits per heavy atom. The van der Waals surface area contributed by atoms with Crippen LogP contribution in [0.3, 0.4) is 0 Å². The van der Waals surface area contributed by atoms with Crippen LogP contribution in [0.1, 0.15) is 30.4 Å². The first-order valence-corrected chi connectivity index (χ1v) is 10.4. The molecule has 0 aromatic heterocycles. The van der Waals surface area contributed by atoms with Crippen molar-refractivity contribution >= 4 is 17.6 Å². The summed E-state index contributed by atoms with van der Waals surface area (Å²) in [4.78, 5) is 18.3. The Morgan fingerprint density at radius 3 is 2.63 bits per heavy atom. The number of ether oxygens (including phenoxy) is 1. The van der Waals surface area contributed by atoms with E-state index in [2.05, 4.69) is 34.3 Å². The van der Waals surface area contributed by atoms with Gasteiger partial charge >= 0.3 is 0 Å². The average Bonchev–Trinajstić information content (AvgIpc) is 2.79. The fraction of sp³-hybridized carbons (Fsp3) is 0.333. The normalized spacial score (nSPS) is 14.4. The number of anilines is 1. The summed E-state index contributed by atoms with van der Waals surface area (Å²) in [6, 6.07) is 16.1. The third-order valence-electron chi connectivity index (χ3n) is 5.03. The van der Waals surface area contributed by atoms with Gasteiger partial charge in [-0.2, -0.15) is 0 Å². The van der Waals surface area contributed by atoms with Crippen molar-refractivity contribution in [3.05, 3.63) is 72.3 Å². The first kappa shape index (κ1) is 21.4. The van der Waals surface area contributed by atoms with E-state index in [0.717, 1.165) is 42.0 Å². The predicted molar refractivity (Wildman–Crippen MR) is 122 cm³/mol. The molecule has 2 aromatic rings. The summed E-state index contributed by atoms with van der Waals surface area (Å²) in [5, 5.41) is 6.65. The van der Waals surface area contributed by atoms with Gasteiger partial charge in [0.1, 0.15) is 12.4 Å². The van der Waals surface area contributed by atoms with Gasteiger partial charge in [0, 0.05) is 44.4 Å². The Morgan fingerprint density at radius 2 is 1.90 bits per heavy atom. The molecule has 0 saturated carbocycles. The van der Waals surface area contributed by atoms with Gasteiger partial charge in [-0.25, -0.2) is 0 Å². The highest BCUT2D eigenvalue weighted by Crippen LogP contribution is 2.21. The largest absolute Gasteiger partial charge is 0.489 e. The Kier molecular flexibility index (Phi) is 7.89. The van der Waals surface area contributed by atoms with E-state index in [0.29, 0.717) is 32.1 Å². The monoisotopic (exact) mass is 406 g/mol. The maximum atomic E-state index is 12.1. The molecule has 0 bridgehead atoms. The van der Waals surface area contributed by atoms with Crippen LogP contribution in [0.15, 0.2) is 66.2 Å². The first-order valence-electron chi connectivity index (χ1n) is 10.4. The summed E-state index contributed by atoms with van der Waals surface area (Å²) in [5.74, 6) is 1.76. The summed E-state index contributed by atoms with van der Waals surface area (Å²) >= 11 is 0. The zero-order valence-corrected chi connectivity index (χ0v) is 17.6. The minimum atomic E-state index is 0.217. The number of aliphatic imine (C=N–C) groups is 1. The van der Waals surface area contributed by atoms with Crippen LogP contribution in [0, 0.1) is 0 Å². The van der Waals surface area contributed by atoms with E-state index in [9.17, 15) is 4.79 Å². The SMILES string of the molecule is C=CCOc1ccccc1CNC(=NC)NCc1ccc(N2CCCCC2=O)cc1. The maximum absolute atomic E-state index is 12.1. The molecule has 0 radical (unpaired) electrons. The second-order valence-corrected chi connectivity index (χ2v) is 7.16. The number of nitrogens with one attached hydrogen (secondary N) is 2. The Labute approximate surface area is 178 Å². The Hall–Kier alpha value is -3.28. The highest BCUT2D eigenvalue weighted by molar-refractivity contribution is 5.93. The van der Waals surface area contributed by atoms with Crippen molar-refractivity contribution in [1.29, 1.82) is 0 Å². The predicted octanol–water partition coefficient (Wildman–Crippen LogP) is 3.63. The van der Waals surface area contributed by atoms with Crippen molar-refractivity contribution in [3.63, 3.8) is 0 Å². The molecule has 1 heterocycles. The van der Waals surface area contributed by atoms with Crippen molar-refractivity contribution in [2.45, 2.75) is 32.4 Å². The van der Waals surface area contributed by atoms with E-state index in [1.54, 1.807) is 13.1 Å². The number of piperidine rings is 1. The average molecular weight is 407 g/mol. The number of guanidine groups is 1. The summed E-state index contributed by atoms with van der Waals surface area (Å²) < 4.78 is 5.70. The molecule has 0 spiro atoms. The highest BCUT2D eigenvalue weighted by Gasteiger charge is 2.19. The van der Waals surface area contributed by atoms with Gasteiger partial charge in [0.05, 0.1) is 0 Å². The lowest BCUT2D eigenvalue weighted by Crippen LogP contribution is -2.36. The molecule has 1 fully saturated rings. The summed E-state index contributed by atoms with van der Waals surface area (Å²) in [6.45, 7) is 6.22. The van der Waals surface area contributed by atoms with Crippen LogP contribution in [0.2, 0.25) is 0 Å². The van der Waals surface area contributed by atoms with Crippen LogP contribution in [-0.4, -0.2) is 32.1 Å². The van der Waals surface area contributed by atoms with Crippen molar-refractivity contribution in [1.82, 2.24) is 10.6 Å². The molecule has 2 aromatic carbocycles. The number of hydrogen-bond acceptors (Lipinski definition) is 3. The molecule has 30 heavy (non-hydrogen) atoms. The molecule has 158 valence electrons. The van der Waals surface area contributed by atoms with Crippen LogP contribution >= 0.6 is 0 Å². The molecule has 1 aliphatic heterocycles. The summed E-state index contributed by atoms with van der Waals surface area (Å²) in [5.41, 5.74) is 3.15. The van der Waals surface area contributed by atoms with E-state index in [1.807, 2.05) is 41.3 Å². The van der Waals surface area contributed by atoms with Gasteiger partial charge in [-0.05, 0) is 36.6 Å². The molecule has 1 saturated heterocycles. The number of carbonyl (C=O) groups is 1. The lowest BCUT2D eigenvalue weighted by Gasteiger charge is -2.26. The van der Waals surface area contributed by atoms with Gasteiger partial charge in [-0.3, -0.25) is 9.79 Å². The number of hydrogen-bond donors (Lipinski definition) is 2. The highest BCUT2D eigenvalue weighted by atomic mass is 16.5. The molecule has 0 aliphatic carbocycles.